The zero-order chi connectivity index (χ0) is 14.3. The van der Waals surface area contributed by atoms with Crippen LogP contribution in [0.4, 0.5) is 0 Å². The van der Waals surface area contributed by atoms with E-state index < -0.39 is 6.29 Å². The van der Waals surface area contributed by atoms with Gasteiger partial charge in [0.05, 0.1) is 17.1 Å². The Bertz CT molecular complexity index is 423. The first-order chi connectivity index (χ1) is 9.08. The molecule has 0 unspecified atom stereocenters. The molecule has 1 aromatic rings. The fraction of sp³-hybridized carbons (Fsp3) is 0.500. The molecule has 0 bridgehead atoms. The van der Waals surface area contributed by atoms with Gasteiger partial charge in [0.2, 0.25) is 0 Å². The third-order valence-electron chi connectivity index (χ3n) is 2.20. The minimum Gasteiger partial charge on any atom is -0.351 e. The minimum atomic E-state index is -0.477. The number of amides is 1. The van der Waals surface area contributed by atoms with Crippen LogP contribution in [-0.2, 0) is 9.47 Å². The van der Waals surface area contributed by atoms with Gasteiger partial charge >= 0.3 is 0 Å². The quantitative estimate of drug-likeness (QED) is 0.621. The number of carbonyl (C=O) groups is 1. The molecule has 5 nitrogen and oxygen atoms in total. The van der Waals surface area contributed by atoms with Crippen molar-refractivity contribution in [2.45, 2.75) is 20.1 Å². The Balaban J connectivity index is 2.61. The number of nitrogens with zero attached hydrogens (tertiary/aromatic N) is 1. The summed E-state index contributed by atoms with van der Waals surface area (Å²) in [7, 11) is 0. The summed E-state index contributed by atoms with van der Waals surface area (Å²) in [6.07, 6.45) is 0.858. The average Bonchev–Trinajstić information content (AvgIpc) is 2.39. The lowest BCUT2D eigenvalue weighted by molar-refractivity contribution is -0.131. The normalized spacial score (nSPS) is 10.8. The number of rotatable bonds is 7. The maximum atomic E-state index is 11.9. The van der Waals surface area contributed by atoms with Crippen molar-refractivity contribution in [3.63, 3.8) is 0 Å². The molecule has 1 aromatic heterocycles. The van der Waals surface area contributed by atoms with E-state index in [9.17, 15) is 4.79 Å². The van der Waals surface area contributed by atoms with Gasteiger partial charge in [0.1, 0.15) is 5.15 Å². The van der Waals surface area contributed by atoms with Crippen LogP contribution in [0.15, 0.2) is 12.3 Å². The van der Waals surface area contributed by atoms with E-state index in [1.807, 2.05) is 13.8 Å². The molecule has 0 spiro atoms. The molecule has 0 atom stereocenters. The zero-order valence-electron chi connectivity index (χ0n) is 10.8. The van der Waals surface area contributed by atoms with E-state index >= 15 is 0 Å². The summed E-state index contributed by atoms with van der Waals surface area (Å²) in [4.78, 5) is 15.7. The van der Waals surface area contributed by atoms with Gasteiger partial charge in [0, 0.05) is 19.4 Å². The Morgan fingerprint density at radius 1 is 1.37 bits per heavy atom. The minimum absolute atomic E-state index is 0.209. The molecule has 1 amide bonds. The van der Waals surface area contributed by atoms with Gasteiger partial charge in [-0.3, -0.25) is 4.79 Å². The van der Waals surface area contributed by atoms with Crippen LogP contribution in [-0.4, -0.2) is 36.9 Å². The topological polar surface area (TPSA) is 60.5 Å². The maximum Gasteiger partial charge on any atom is 0.253 e. The molecule has 0 aliphatic carbocycles. The third kappa shape index (κ3) is 5.32. The van der Waals surface area contributed by atoms with Crippen LogP contribution in [0.2, 0.25) is 10.2 Å². The van der Waals surface area contributed by atoms with Crippen LogP contribution in [0.1, 0.15) is 24.2 Å². The van der Waals surface area contributed by atoms with Crippen LogP contribution in [0.3, 0.4) is 0 Å². The molecule has 106 valence electrons. The van der Waals surface area contributed by atoms with E-state index in [1.54, 1.807) is 0 Å². The fourth-order valence-corrected chi connectivity index (χ4v) is 1.74. The Morgan fingerprint density at radius 3 is 2.58 bits per heavy atom. The number of hydrogen-bond donors (Lipinski definition) is 1. The first-order valence-electron chi connectivity index (χ1n) is 5.90. The molecule has 1 rings (SSSR count). The van der Waals surface area contributed by atoms with Crippen LogP contribution in [0.25, 0.3) is 0 Å². The van der Waals surface area contributed by atoms with Gasteiger partial charge in [-0.05, 0) is 19.9 Å². The molecule has 0 aromatic carbocycles. The highest BCUT2D eigenvalue weighted by atomic mass is 35.5. The number of carbonyl (C=O) groups excluding carboxylic acids is 1. The molecule has 1 N–H and O–H groups in total. The maximum absolute atomic E-state index is 11.9. The van der Waals surface area contributed by atoms with Crippen LogP contribution in [0, 0.1) is 0 Å². The summed E-state index contributed by atoms with van der Waals surface area (Å²) in [5.41, 5.74) is 0.272. The molecular formula is C12H16Cl2N2O3. The van der Waals surface area contributed by atoms with Crippen molar-refractivity contribution >= 4 is 29.1 Å². The number of aromatic nitrogens is 1. The number of hydrogen-bond acceptors (Lipinski definition) is 4. The number of halogens is 2. The molecule has 0 fully saturated rings. The first-order valence-corrected chi connectivity index (χ1v) is 6.66. The van der Waals surface area contributed by atoms with Crippen molar-refractivity contribution in [1.29, 1.82) is 0 Å². The average molecular weight is 307 g/mol. The van der Waals surface area contributed by atoms with E-state index in [0.29, 0.717) is 13.2 Å². The summed E-state index contributed by atoms with van der Waals surface area (Å²) in [5, 5.41) is 3.13. The lowest BCUT2D eigenvalue weighted by atomic mass is 10.2. The Hall–Kier alpha value is -0.880. The van der Waals surface area contributed by atoms with Crippen molar-refractivity contribution in [2.75, 3.05) is 19.8 Å². The standard InChI is InChI=1S/C12H16Cl2N2O3/c1-3-18-11(19-4-2)7-16-12(17)8-5-10(14)15-6-9(8)13/h5-6,11H,3-4,7H2,1-2H3,(H,16,17). The van der Waals surface area contributed by atoms with Gasteiger partial charge in [-0.15, -0.1) is 0 Å². The highest BCUT2D eigenvalue weighted by molar-refractivity contribution is 6.35. The lowest BCUT2D eigenvalue weighted by Crippen LogP contribution is -2.35. The van der Waals surface area contributed by atoms with Gasteiger partial charge in [0.25, 0.3) is 5.91 Å². The van der Waals surface area contributed by atoms with E-state index in [4.69, 9.17) is 32.7 Å². The van der Waals surface area contributed by atoms with Crippen LogP contribution >= 0.6 is 23.2 Å². The second kappa shape index (κ2) is 8.32. The largest absolute Gasteiger partial charge is 0.351 e. The smallest absolute Gasteiger partial charge is 0.253 e. The van der Waals surface area contributed by atoms with E-state index in [-0.39, 0.29) is 28.2 Å². The first kappa shape index (κ1) is 16.2. The van der Waals surface area contributed by atoms with E-state index in [0.717, 1.165) is 0 Å². The molecule has 0 saturated heterocycles. The Labute approximate surface area is 122 Å². The summed E-state index contributed by atoms with van der Waals surface area (Å²) in [5.74, 6) is -0.348. The molecule has 19 heavy (non-hydrogen) atoms. The zero-order valence-corrected chi connectivity index (χ0v) is 12.3. The molecule has 0 saturated carbocycles. The van der Waals surface area contributed by atoms with Crippen LogP contribution < -0.4 is 5.32 Å². The van der Waals surface area contributed by atoms with E-state index in [1.165, 1.54) is 12.3 Å². The molecule has 0 radical (unpaired) electrons. The van der Waals surface area contributed by atoms with Gasteiger partial charge in [-0.25, -0.2) is 4.98 Å². The van der Waals surface area contributed by atoms with Crippen LogP contribution in [0.5, 0.6) is 0 Å². The molecule has 1 heterocycles. The van der Waals surface area contributed by atoms with Gasteiger partial charge in [-0.1, -0.05) is 23.2 Å². The van der Waals surface area contributed by atoms with E-state index in [2.05, 4.69) is 10.3 Å². The van der Waals surface area contributed by atoms with Gasteiger partial charge < -0.3 is 14.8 Å². The lowest BCUT2D eigenvalue weighted by Gasteiger charge is -2.17. The number of nitrogens with one attached hydrogen (secondary N) is 1. The molecule has 0 aliphatic rings. The molecule has 0 aliphatic heterocycles. The summed E-state index contributed by atoms with van der Waals surface area (Å²) < 4.78 is 10.6. The van der Waals surface area contributed by atoms with Crippen molar-refractivity contribution in [3.05, 3.63) is 28.0 Å². The van der Waals surface area contributed by atoms with Gasteiger partial charge in [-0.2, -0.15) is 0 Å². The monoisotopic (exact) mass is 306 g/mol. The predicted molar refractivity (Wildman–Crippen MR) is 73.6 cm³/mol. The number of ether oxygens (including phenoxy) is 2. The highest BCUT2D eigenvalue weighted by Crippen LogP contribution is 2.17. The van der Waals surface area contributed by atoms with Gasteiger partial charge in [0.15, 0.2) is 6.29 Å². The second-order valence-electron chi connectivity index (χ2n) is 3.54. The second-order valence-corrected chi connectivity index (χ2v) is 4.33. The fourth-order valence-electron chi connectivity index (χ4n) is 1.40. The van der Waals surface area contributed by atoms with Crippen molar-refractivity contribution < 1.29 is 14.3 Å². The Morgan fingerprint density at radius 2 is 2.00 bits per heavy atom. The van der Waals surface area contributed by atoms with Crippen molar-refractivity contribution in [1.82, 2.24) is 10.3 Å². The van der Waals surface area contributed by atoms with Crippen molar-refractivity contribution in [2.24, 2.45) is 0 Å². The molecule has 7 heteroatoms. The predicted octanol–water partition coefficient (Wildman–Crippen LogP) is 2.52. The summed E-state index contributed by atoms with van der Waals surface area (Å²) >= 11 is 11.6. The molecular weight excluding hydrogens is 291 g/mol. The highest BCUT2D eigenvalue weighted by Gasteiger charge is 2.14. The summed E-state index contributed by atoms with van der Waals surface area (Å²) in [6, 6.07) is 1.41. The SMILES string of the molecule is CCOC(CNC(=O)c1cc(Cl)ncc1Cl)OCC. The Kier molecular flexibility index (Phi) is 7.09. The third-order valence-corrected chi connectivity index (χ3v) is 2.71. The van der Waals surface area contributed by atoms with Crippen molar-refractivity contribution in [3.8, 4) is 0 Å². The summed E-state index contributed by atoms with van der Waals surface area (Å²) in [6.45, 7) is 4.95. The number of pyridine rings is 1.